The van der Waals surface area contributed by atoms with E-state index in [2.05, 4.69) is 10.2 Å². The van der Waals surface area contributed by atoms with Crippen molar-refractivity contribution in [1.29, 1.82) is 0 Å². The standard InChI is InChI=1S/C21H30FN3O3/c1-21(2,3)28-20(27)25-12-10-24(11-13-25)9-8-23-19(26)17-14-16(17)15-6-4-5-7-18(15)22/h4-7,16-17H,8-14H2,1-3H3,(H,23,26). The molecule has 154 valence electrons. The molecule has 1 aromatic carbocycles. The Morgan fingerprint density at radius 2 is 1.86 bits per heavy atom. The summed E-state index contributed by atoms with van der Waals surface area (Å²) in [5, 5.41) is 2.97. The zero-order chi connectivity index (χ0) is 20.3. The highest BCUT2D eigenvalue weighted by atomic mass is 19.1. The van der Waals surface area contributed by atoms with Crippen molar-refractivity contribution in [1.82, 2.24) is 15.1 Å². The minimum absolute atomic E-state index is 0.000596. The van der Waals surface area contributed by atoms with Gasteiger partial charge in [0, 0.05) is 45.2 Å². The van der Waals surface area contributed by atoms with Gasteiger partial charge in [0.1, 0.15) is 11.4 Å². The molecule has 2 amide bonds. The van der Waals surface area contributed by atoms with E-state index in [1.165, 1.54) is 6.07 Å². The Labute approximate surface area is 166 Å². The number of halogens is 1. The topological polar surface area (TPSA) is 61.9 Å². The Morgan fingerprint density at radius 3 is 2.50 bits per heavy atom. The van der Waals surface area contributed by atoms with Crippen molar-refractivity contribution in [2.24, 2.45) is 5.92 Å². The molecule has 7 heteroatoms. The second-order valence-electron chi connectivity index (χ2n) is 8.57. The summed E-state index contributed by atoms with van der Waals surface area (Å²) >= 11 is 0. The van der Waals surface area contributed by atoms with Gasteiger partial charge in [-0.3, -0.25) is 9.69 Å². The predicted octanol–water partition coefficient (Wildman–Crippen LogP) is 2.60. The number of benzene rings is 1. The monoisotopic (exact) mass is 391 g/mol. The van der Waals surface area contributed by atoms with Crippen molar-refractivity contribution in [3.05, 3.63) is 35.6 Å². The molecular formula is C21H30FN3O3. The van der Waals surface area contributed by atoms with Crippen LogP contribution in [-0.4, -0.2) is 66.7 Å². The number of ether oxygens (including phenoxy) is 1. The van der Waals surface area contributed by atoms with E-state index in [1.54, 1.807) is 17.0 Å². The van der Waals surface area contributed by atoms with Crippen LogP contribution in [0.5, 0.6) is 0 Å². The molecule has 2 atom stereocenters. The number of rotatable bonds is 5. The van der Waals surface area contributed by atoms with Crippen LogP contribution in [0.3, 0.4) is 0 Å². The molecule has 1 saturated heterocycles. The SMILES string of the molecule is CC(C)(C)OC(=O)N1CCN(CCNC(=O)C2CC2c2ccccc2F)CC1. The predicted molar refractivity (Wildman–Crippen MR) is 105 cm³/mol. The van der Waals surface area contributed by atoms with Crippen LogP contribution in [0.15, 0.2) is 24.3 Å². The number of carbonyl (C=O) groups excluding carboxylic acids is 2. The second-order valence-corrected chi connectivity index (χ2v) is 8.57. The molecule has 3 rings (SSSR count). The zero-order valence-corrected chi connectivity index (χ0v) is 16.9. The highest BCUT2D eigenvalue weighted by molar-refractivity contribution is 5.82. The molecule has 1 heterocycles. The summed E-state index contributed by atoms with van der Waals surface area (Å²) in [5.41, 5.74) is 0.155. The number of hydrogen-bond donors (Lipinski definition) is 1. The van der Waals surface area contributed by atoms with E-state index in [9.17, 15) is 14.0 Å². The van der Waals surface area contributed by atoms with Gasteiger partial charge in [-0.25, -0.2) is 9.18 Å². The summed E-state index contributed by atoms with van der Waals surface area (Å²) in [6.45, 7) is 9.66. The fourth-order valence-electron chi connectivity index (χ4n) is 3.55. The summed E-state index contributed by atoms with van der Waals surface area (Å²) < 4.78 is 19.2. The van der Waals surface area contributed by atoms with Crippen molar-refractivity contribution < 1.29 is 18.7 Å². The number of nitrogens with one attached hydrogen (secondary N) is 1. The largest absolute Gasteiger partial charge is 0.444 e. The van der Waals surface area contributed by atoms with Gasteiger partial charge in [-0.05, 0) is 44.7 Å². The summed E-state index contributed by atoms with van der Waals surface area (Å²) in [4.78, 5) is 28.3. The maximum absolute atomic E-state index is 13.8. The average molecular weight is 391 g/mol. The van der Waals surface area contributed by atoms with Crippen molar-refractivity contribution in [3.63, 3.8) is 0 Å². The lowest BCUT2D eigenvalue weighted by Gasteiger charge is -2.35. The quantitative estimate of drug-likeness (QED) is 0.838. The zero-order valence-electron chi connectivity index (χ0n) is 16.9. The van der Waals surface area contributed by atoms with Crippen LogP contribution in [0.1, 0.15) is 38.7 Å². The number of piperazine rings is 1. The lowest BCUT2D eigenvalue weighted by atomic mass is 10.1. The van der Waals surface area contributed by atoms with Crippen molar-refractivity contribution >= 4 is 12.0 Å². The Morgan fingerprint density at radius 1 is 1.18 bits per heavy atom. The molecule has 1 aliphatic heterocycles. The van der Waals surface area contributed by atoms with E-state index >= 15 is 0 Å². The first kappa shape index (κ1) is 20.6. The Balaban J connectivity index is 1.34. The first-order valence-corrected chi connectivity index (χ1v) is 9.97. The van der Waals surface area contributed by atoms with Crippen molar-refractivity contribution in [2.75, 3.05) is 39.3 Å². The Bertz CT molecular complexity index is 711. The number of hydrogen-bond acceptors (Lipinski definition) is 4. The average Bonchev–Trinajstić information content (AvgIpc) is 3.42. The van der Waals surface area contributed by atoms with Gasteiger partial charge in [0.05, 0.1) is 0 Å². The molecule has 1 saturated carbocycles. The van der Waals surface area contributed by atoms with Gasteiger partial charge in [-0.15, -0.1) is 0 Å². The minimum atomic E-state index is -0.484. The molecule has 2 unspecified atom stereocenters. The molecule has 2 fully saturated rings. The summed E-state index contributed by atoms with van der Waals surface area (Å²) in [5.74, 6) is -0.356. The maximum Gasteiger partial charge on any atom is 0.410 e. The molecule has 0 bridgehead atoms. The van der Waals surface area contributed by atoms with Crippen LogP contribution in [0.25, 0.3) is 0 Å². The number of nitrogens with zero attached hydrogens (tertiary/aromatic N) is 2. The van der Waals surface area contributed by atoms with E-state index < -0.39 is 5.60 Å². The third-order valence-corrected chi connectivity index (χ3v) is 5.18. The second kappa shape index (κ2) is 8.47. The van der Waals surface area contributed by atoms with E-state index in [0.717, 1.165) is 19.6 Å². The lowest BCUT2D eigenvalue weighted by molar-refractivity contribution is -0.122. The van der Waals surface area contributed by atoms with Gasteiger partial charge in [0.25, 0.3) is 0 Å². The number of carbonyl (C=O) groups is 2. The van der Waals surface area contributed by atoms with Crippen LogP contribution in [0.2, 0.25) is 0 Å². The molecule has 1 aromatic rings. The maximum atomic E-state index is 13.8. The van der Waals surface area contributed by atoms with Crippen LogP contribution >= 0.6 is 0 Å². The highest BCUT2D eigenvalue weighted by Gasteiger charge is 2.44. The Hall–Kier alpha value is -2.15. The molecular weight excluding hydrogens is 361 g/mol. The van der Waals surface area contributed by atoms with Crippen LogP contribution < -0.4 is 5.32 Å². The molecule has 1 N–H and O–H groups in total. The van der Waals surface area contributed by atoms with Gasteiger partial charge in [-0.1, -0.05) is 18.2 Å². The molecule has 2 aliphatic rings. The van der Waals surface area contributed by atoms with E-state index in [4.69, 9.17) is 4.74 Å². The van der Waals surface area contributed by atoms with Crippen LogP contribution in [0.4, 0.5) is 9.18 Å². The van der Waals surface area contributed by atoms with Crippen molar-refractivity contribution in [2.45, 2.75) is 38.7 Å². The lowest BCUT2D eigenvalue weighted by Crippen LogP contribution is -2.51. The molecule has 0 aromatic heterocycles. The van der Waals surface area contributed by atoms with Gasteiger partial charge in [-0.2, -0.15) is 0 Å². The fourth-order valence-corrected chi connectivity index (χ4v) is 3.55. The van der Waals surface area contributed by atoms with Gasteiger partial charge < -0.3 is 15.0 Å². The first-order chi connectivity index (χ1) is 13.2. The normalized spacial score (nSPS) is 22.6. The van der Waals surface area contributed by atoms with Gasteiger partial charge in [0.2, 0.25) is 5.91 Å². The van der Waals surface area contributed by atoms with Crippen LogP contribution in [-0.2, 0) is 9.53 Å². The first-order valence-electron chi connectivity index (χ1n) is 9.97. The molecule has 0 radical (unpaired) electrons. The molecule has 1 aliphatic carbocycles. The van der Waals surface area contributed by atoms with E-state index in [-0.39, 0.29) is 29.7 Å². The van der Waals surface area contributed by atoms with Crippen molar-refractivity contribution in [3.8, 4) is 0 Å². The third kappa shape index (κ3) is 5.44. The Kier molecular flexibility index (Phi) is 6.23. The fraction of sp³-hybridized carbons (Fsp3) is 0.619. The van der Waals surface area contributed by atoms with E-state index in [0.29, 0.717) is 31.6 Å². The number of amides is 2. The van der Waals surface area contributed by atoms with Crippen LogP contribution in [0, 0.1) is 11.7 Å². The minimum Gasteiger partial charge on any atom is -0.444 e. The summed E-state index contributed by atoms with van der Waals surface area (Å²) in [6.07, 6.45) is 0.440. The van der Waals surface area contributed by atoms with Gasteiger partial charge >= 0.3 is 6.09 Å². The van der Waals surface area contributed by atoms with E-state index in [1.807, 2.05) is 26.8 Å². The molecule has 6 nitrogen and oxygen atoms in total. The molecule has 28 heavy (non-hydrogen) atoms. The summed E-state index contributed by atoms with van der Waals surface area (Å²) in [7, 11) is 0. The molecule has 0 spiro atoms. The summed E-state index contributed by atoms with van der Waals surface area (Å²) in [6, 6.07) is 6.68. The third-order valence-electron chi connectivity index (χ3n) is 5.18. The highest BCUT2D eigenvalue weighted by Crippen LogP contribution is 2.48. The smallest absolute Gasteiger partial charge is 0.410 e. The van der Waals surface area contributed by atoms with Gasteiger partial charge in [0.15, 0.2) is 0 Å².